The number of alkyl halides is 3. The maximum absolute atomic E-state index is 12.6. The first-order valence-corrected chi connectivity index (χ1v) is 8.12. The number of anilines is 1. The summed E-state index contributed by atoms with van der Waals surface area (Å²) in [6, 6.07) is 7.12. The summed E-state index contributed by atoms with van der Waals surface area (Å²) in [5.41, 5.74) is -0.970. The van der Waals surface area contributed by atoms with Crippen LogP contribution in [0.25, 0.3) is 0 Å². The second-order valence-electron chi connectivity index (χ2n) is 5.99. The van der Waals surface area contributed by atoms with Gasteiger partial charge < -0.3 is 9.47 Å². The zero-order valence-corrected chi connectivity index (χ0v) is 13.9. The summed E-state index contributed by atoms with van der Waals surface area (Å²) in [6.07, 6.45) is -1.88. The fourth-order valence-corrected chi connectivity index (χ4v) is 2.82. The lowest BCUT2D eigenvalue weighted by molar-refractivity contribution is -0.367. The van der Waals surface area contributed by atoms with Crippen LogP contribution < -0.4 is 15.4 Å². The number of hydrogen-bond donors (Lipinski definition) is 0. The molecular weight excluding hydrogens is 349 g/mol. The quantitative estimate of drug-likeness (QED) is 0.814. The molecule has 0 bridgehead atoms. The number of pyridine rings is 2. The van der Waals surface area contributed by atoms with Gasteiger partial charge in [-0.25, -0.2) is 4.98 Å². The van der Waals surface area contributed by atoms with Gasteiger partial charge in [0.05, 0.1) is 18.7 Å². The molecule has 3 heterocycles. The van der Waals surface area contributed by atoms with Crippen molar-refractivity contribution in [3.8, 4) is 0 Å². The summed E-state index contributed by atoms with van der Waals surface area (Å²) in [5, 5.41) is 0. The summed E-state index contributed by atoms with van der Waals surface area (Å²) in [5.74, 6) is 0.415. The van der Waals surface area contributed by atoms with Crippen molar-refractivity contribution in [1.29, 1.82) is 0 Å². The molecule has 2 aromatic heterocycles. The van der Waals surface area contributed by atoms with Crippen molar-refractivity contribution >= 4 is 11.7 Å². The van der Waals surface area contributed by atoms with Gasteiger partial charge in [0.2, 0.25) is 5.91 Å². The van der Waals surface area contributed by atoms with Crippen LogP contribution in [0, 0.1) is 0 Å². The minimum atomic E-state index is -4.38. The predicted molar refractivity (Wildman–Crippen MR) is 87.5 cm³/mol. The number of carbonyl (C=O) groups excluding carboxylic acids is 1. The number of aromatic nitrogens is 2. The monoisotopic (exact) mass is 367 g/mol. The number of hydrogen-bond acceptors (Lipinski definition) is 3. The summed E-state index contributed by atoms with van der Waals surface area (Å²) >= 11 is 0. The van der Waals surface area contributed by atoms with E-state index < -0.39 is 11.7 Å². The summed E-state index contributed by atoms with van der Waals surface area (Å²) in [4.78, 5) is 30.2. The van der Waals surface area contributed by atoms with E-state index in [0.717, 1.165) is 12.3 Å². The second-order valence-corrected chi connectivity index (χ2v) is 5.99. The lowest BCUT2D eigenvalue weighted by Crippen LogP contribution is -2.51. The number of halogens is 3. The Kier molecular flexibility index (Phi) is 4.97. The third kappa shape index (κ3) is 4.04. The smallest absolute Gasteiger partial charge is 0.333 e. The van der Waals surface area contributed by atoms with E-state index in [9.17, 15) is 22.8 Å². The third-order valence-electron chi connectivity index (χ3n) is 4.30. The number of rotatable bonds is 3. The predicted octanol–water partition coefficient (Wildman–Crippen LogP) is 1.03. The van der Waals surface area contributed by atoms with Crippen molar-refractivity contribution in [1.82, 2.24) is 9.47 Å². The molecular formula is C17H18F3N4O2+. The molecule has 1 aliphatic rings. The Morgan fingerprint density at radius 3 is 2.38 bits per heavy atom. The molecule has 2 aromatic rings. The van der Waals surface area contributed by atoms with E-state index in [1.54, 1.807) is 23.2 Å². The van der Waals surface area contributed by atoms with E-state index in [1.807, 2.05) is 4.90 Å². The van der Waals surface area contributed by atoms with Crippen LogP contribution in [-0.2, 0) is 17.5 Å². The standard InChI is InChI=1S/C17H17F3N4O2/c18-17(19,20)13-4-5-14(21-11-13)22-7-9-23(10-8-22)16(26)12-24-6-2-1-3-15(24)25/h1-6,11H,7-10,12H2/p+1. The SMILES string of the molecule is O=C(Cn1ccccc1=O)N1CCN(c2ccc(C(F)(F)F)c[nH+]2)CC1. The minimum Gasteiger partial charge on any atom is -0.333 e. The molecule has 0 aliphatic carbocycles. The highest BCUT2D eigenvalue weighted by atomic mass is 19.4. The molecule has 0 aromatic carbocycles. The van der Waals surface area contributed by atoms with Gasteiger partial charge in [-0.3, -0.25) is 14.5 Å². The van der Waals surface area contributed by atoms with Crippen molar-refractivity contribution in [2.45, 2.75) is 12.7 Å². The molecule has 138 valence electrons. The summed E-state index contributed by atoms with van der Waals surface area (Å²) in [6.45, 7) is 1.85. The van der Waals surface area contributed by atoms with E-state index in [-0.39, 0.29) is 18.0 Å². The fourth-order valence-electron chi connectivity index (χ4n) is 2.82. The average molecular weight is 367 g/mol. The first kappa shape index (κ1) is 18.0. The van der Waals surface area contributed by atoms with E-state index in [1.165, 1.54) is 16.7 Å². The molecule has 3 rings (SSSR count). The highest BCUT2D eigenvalue weighted by molar-refractivity contribution is 5.76. The normalized spacial score (nSPS) is 15.2. The minimum absolute atomic E-state index is 0.0217. The molecule has 1 saturated heterocycles. The topological polar surface area (TPSA) is 59.7 Å². The lowest BCUT2D eigenvalue weighted by Gasteiger charge is -2.31. The number of aromatic amines is 1. The summed E-state index contributed by atoms with van der Waals surface area (Å²) < 4.78 is 39.2. The molecule has 0 unspecified atom stereocenters. The van der Waals surface area contributed by atoms with Crippen molar-refractivity contribution in [2.24, 2.45) is 0 Å². The van der Waals surface area contributed by atoms with E-state index >= 15 is 0 Å². The van der Waals surface area contributed by atoms with Gasteiger partial charge in [0.15, 0.2) is 0 Å². The molecule has 0 radical (unpaired) electrons. The maximum Gasteiger partial charge on any atom is 0.419 e. The number of piperazine rings is 1. The van der Waals surface area contributed by atoms with Crippen molar-refractivity contribution in [3.05, 3.63) is 58.6 Å². The number of nitrogens with one attached hydrogen (secondary N) is 1. The highest BCUT2D eigenvalue weighted by Gasteiger charge is 2.33. The van der Waals surface area contributed by atoms with E-state index in [0.29, 0.717) is 32.0 Å². The van der Waals surface area contributed by atoms with Crippen molar-refractivity contribution < 1.29 is 22.9 Å². The Labute approximate surface area is 147 Å². The molecule has 0 saturated carbocycles. The second kappa shape index (κ2) is 7.19. The Balaban J connectivity index is 1.58. The van der Waals surface area contributed by atoms with Gasteiger partial charge in [0, 0.05) is 18.3 Å². The van der Waals surface area contributed by atoms with Crippen molar-refractivity contribution in [2.75, 3.05) is 31.1 Å². The van der Waals surface area contributed by atoms with E-state index in [4.69, 9.17) is 0 Å². The molecule has 0 spiro atoms. The first-order chi connectivity index (χ1) is 12.3. The zero-order valence-electron chi connectivity index (χ0n) is 13.9. The van der Waals surface area contributed by atoms with Gasteiger partial charge in [-0.2, -0.15) is 13.2 Å². The van der Waals surface area contributed by atoms with Crippen LogP contribution in [0.1, 0.15) is 5.56 Å². The third-order valence-corrected chi connectivity index (χ3v) is 4.30. The van der Waals surface area contributed by atoms with Gasteiger partial charge >= 0.3 is 6.18 Å². The number of carbonyl (C=O) groups is 1. The molecule has 1 fully saturated rings. The average Bonchev–Trinajstić information content (AvgIpc) is 2.63. The van der Waals surface area contributed by atoms with Gasteiger partial charge in [-0.1, -0.05) is 6.07 Å². The molecule has 26 heavy (non-hydrogen) atoms. The Morgan fingerprint density at radius 1 is 1.08 bits per heavy atom. The van der Waals surface area contributed by atoms with Gasteiger partial charge in [0.25, 0.3) is 11.4 Å². The van der Waals surface area contributed by atoms with Crippen LogP contribution >= 0.6 is 0 Å². The molecule has 6 nitrogen and oxygen atoms in total. The van der Waals surface area contributed by atoms with Crippen LogP contribution in [-0.4, -0.2) is 41.6 Å². The Morgan fingerprint density at radius 2 is 1.81 bits per heavy atom. The maximum atomic E-state index is 12.6. The van der Waals surface area contributed by atoms with Crippen LogP contribution in [0.3, 0.4) is 0 Å². The highest BCUT2D eigenvalue weighted by Crippen LogP contribution is 2.28. The van der Waals surface area contributed by atoms with Crippen LogP contribution in [0.15, 0.2) is 47.5 Å². The molecule has 9 heteroatoms. The fraction of sp³-hybridized carbons (Fsp3) is 0.353. The van der Waals surface area contributed by atoms with E-state index in [2.05, 4.69) is 4.98 Å². The van der Waals surface area contributed by atoms with Crippen LogP contribution in [0.5, 0.6) is 0 Å². The zero-order chi connectivity index (χ0) is 18.7. The molecule has 0 atom stereocenters. The summed E-state index contributed by atoms with van der Waals surface area (Å²) in [7, 11) is 0. The Hall–Kier alpha value is -2.84. The van der Waals surface area contributed by atoms with Crippen molar-refractivity contribution in [3.63, 3.8) is 0 Å². The number of nitrogens with zero attached hydrogens (tertiary/aromatic N) is 3. The van der Waals surface area contributed by atoms with Crippen LogP contribution in [0.2, 0.25) is 0 Å². The molecule has 1 aliphatic heterocycles. The van der Waals surface area contributed by atoms with Gasteiger partial charge in [-0.15, -0.1) is 0 Å². The van der Waals surface area contributed by atoms with Gasteiger partial charge in [-0.05, 0) is 12.1 Å². The number of H-pyrrole nitrogens is 1. The number of amides is 1. The van der Waals surface area contributed by atoms with Gasteiger partial charge in [0.1, 0.15) is 25.8 Å². The molecule has 1 N–H and O–H groups in total. The first-order valence-electron chi connectivity index (χ1n) is 8.12. The lowest BCUT2D eigenvalue weighted by atomic mass is 10.2. The Bertz CT molecular complexity index is 825. The largest absolute Gasteiger partial charge is 0.419 e. The molecule has 1 amide bonds. The van der Waals surface area contributed by atoms with Crippen LogP contribution in [0.4, 0.5) is 19.0 Å².